The highest BCUT2D eigenvalue weighted by Crippen LogP contribution is 2.34. The van der Waals surface area contributed by atoms with E-state index in [1.165, 1.54) is 4.90 Å². The molecule has 40 heavy (non-hydrogen) atoms. The number of amidine groups is 2. The van der Waals surface area contributed by atoms with E-state index < -0.39 is 6.04 Å². The van der Waals surface area contributed by atoms with E-state index in [9.17, 15) is 14.4 Å². The van der Waals surface area contributed by atoms with Gasteiger partial charge in [0, 0.05) is 29.4 Å². The Morgan fingerprint density at radius 1 is 0.975 bits per heavy atom. The molecule has 1 atom stereocenters. The molecule has 2 aliphatic heterocycles. The fourth-order valence-corrected chi connectivity index (χ4v) is 5.15. The SMILES string of the molecule is COc1cccc(NC(=O)CSC2=Nc3ccccc3C3=NC(CC(=O)NCc4ccccc4OC)C(=O)N23)c1. The topological polar surface area (TPSA) is 122 Å². The number of nitrogens with one attached hydrogen (secondary N) is 2. The van der Waals surface area contributed by atoms with Crippen molar-refractivity contribution in [1.82, 2.24) is 10.2 Å². The molecule has 0 radical (unpaired) electrons. The third kappa shape index (κ3) is 5.84. The zero-order chi connectivity index (χ0) is 28.1. The van der Waals surface area contributed by atoms with Crippen molar-refractivity contribution >= 4 is 51.9 Å². The number of amides is 3. The van der Waals surface area contributed by atoms with Gasteiger partial charge in [-0.05, 0) is 30.3 Å². The standard InChI is InChI=1S/C29H27N5O5S/c1-38-20-10-7-9-19(14-20)31-26(36)17-40-29-33-22-12-5-4-11-21(22)27-32-23(28(37)34(27)29)15-25(35)30-16-18-8-3-6-13-24(18)39-2/h3-14,23H,15-17H2,1-2H3,(H,30,35)(H,31,36). The molecule has 3 amide bonds. The van der Waals surface area contributed by atoms with E-state index in [4.69, 9.17) is 9.47 Å². The zero-order valence-electron chi connectivity index (χ0n) is 21.9. The molecule has 0 bridgehead atoms. The van der Waals surface area contributed by atoms with Crippen LogP contribution in [0.15, 0.2) is 82.8 Å². The Kier molecular flexibility index (Phi) is 8.11. The second-order valence-electron chi connectivity index (χ2n) is 8.92. The average Bonchev–Trinajstić information content (AvgIpc) is 3.30. The summed E-state index contributed by atoms with van der Waals surface area (Å²) in [5.74, 6) is 0.787. The van der Waals surface area contributed by atoms with Gasteiger partial charge < -0.3 is 20.1 Å². The van der Waals surface area contributed by atoms with Crippen LogP contribution in [0.4, 0.5) is 11.4 Å². The zero-order valence-corrected chi connectivity index (χ0v) is 22.7. The Balaban J connectivity index is 1.27. The number of carbonyl (C=O) groups is 3. The molecule has 0 saturated carbocycles. The molecule has 5 rings (SSSR count). The number of methoxy groups -OCH3 is 2. The first-order valence-corrected chi connectivity index (χ1v) is 13.5. The quantitative estimate of drug-likeness (QED) is 0.414. The average molecular weight is 558 g/mol. The van der Waals surface area contributed by atoms with Crippen LogP contribution in [-0.2, 0) is 20.9 Å². The Labute approximate surface area is 235 Å². The van der Waals surface area contributed by atoms with Crippen molar-refractivity contribution in [3.63, 3.8) is 0 Å². The third-order valence-corrected chi connectivity index (χ3v) is 7.22. The number of benzene rings is 3. The number of rotatable bonds is 9. The van der Waals surface area contributed by atoms with Crippen LogP contribution in [0.5, 0.6) is 11.5 Å². The first-order chi connectivity index (χ1) is 19.5. The minimum Gasteiger partial charge on any atom is -0.497 e. The van der Waals surface area contributed by atoms with Crippen molar-refractivity contribution in [2.24, 2.45) is 9.98 Å². The second-order valence-corrected chi connectivity index (χ2v) is 9.86. The lowest BCUT2D eigenvalue weighted by atomic mass is 10.1. The van der Waals surface area contributed by atoms with Gasteiger partial charge in [0.2, 0.25) is 11.8 Å². The molecule has 11 heteroatoms. The number of hydrogen-bond acceptors (Lipinski definition) is 8. The van der Waals surface area contributed by atoms with Gasteiger partial charge in [-0.2, -0.15) is 0 Å². The molecule has 0 spiro atoms. The van der Waals surface area contributed by atoms with Crippen molar-refractivity contribution in [2.45, 2.75) is 19.0 Å². The monoisotopic (exact) mass is 557 g/mol. The molecule has 2 aliphatic rings. The molecule has 0 aromatic heterocycles. The van der Waals surface area contributed by atoms with Crippen LogP contribution in [0.3, 0.4) is 0 Å². The predicted octanol–water partition coefficient (Wildman–Crippen LogP) is 3.74. The van der Waals surface area contributed by atoms with Crippen molar-refractivity contribution in [2.75, 3.05) is 25.3 Å². The van der Waals surface area contributed by atoms with Crippen molar-refractivity contribution in [3.8, 4) is 11.5 Å². The highest BCUT2D eigenvalue weighted by Gasteiger charge is 2.42. The largest absolute Gasteiger partial charge is 0.497 e. The number of carbonyl (C=O) groups excluding carboxylic acids is 3. The van der Waals surface area contributed by atoms with Gasteiger partial charge in [-0.15, -0.1) is 0 Å². The Bertz CT molecular complexity index is 1520. The molecule has 0 fully saturated rings. The van der Waals surface area contributed by atoms with Gasteiger partial charge in [0.15, 0.2) is 5.17 Å². The van der Waals surface area contributed by atoms with Gasteiger partial charge in [-0.1, -0.05) is 48.2 Å². The Hall–Kier alpha value is -4.64. The predicted molar refractivity (Wildman–Crippen MR) is 154 cm³/mol. The van der Waals surface area contributed by atoms with Crippen molar-refractivity contribution in [3.05, 3.63) is 83.9 Å². The summed E-state index contributed by atoms with van der Waals surface area (Å²) in [6, 6.07) is 20.9. The van der Waals surface area contributed by atoms with Crippen LogP contribution in [0, 0.1) is 0 Å². The van der Waals surface area contributed by atoms with Gasteiger partial charge in [0.25, 0.3) is 5.91 Å². The molecule has 10 nitrogen and oxygen atoms in total. The second kappa shape index (κ2) is 12.0. The van der Waals surface area contributed by atoms with Gasteiger partial charge in [0.05, 0.1) is 32.1 Å². The summed E-state index contributed by atoms with van der Waals surface area (Å²) in [7, 11) is 3.13. The molecule has 3 aromatic carbocycles. The smallest absolute Gasteiger partial charge is 0.259 e. The van der Waals surface area contributed by atoms with Gasteiger partial charge in [0.1, 0.15) is 23.4 Å². The molecule has 1 unspecified atom stereocenters. The molecular formula is C29H27N5O5S. The lowest BCUT2D eigenvalue weighted by Crippen LogP contribution is -2.42. The number of ether oxygens (including phenoxy) is 2. The summed E-state index contributed by atoms with van der Waals surface area (Å²) in [5.41, 5.74) is 2.76. The van der Waals surface area contributed by atoms with E-state index in [0.29, 0.717) is 39.4 Å². The minimum atomic E-state index is -0.907. The fourth-order valence-electron chi connectivity index (χ4n) is 4.35. The number of fused-ring (bicyclic) bond motifs is 3. The fraction of sp³-hybridized carbons (Fsp3) is 0.207. The van der Waals surface area contributed by atoms with Gasteiger partial charge >= 0.3 is 0 Å². The van der Waals surface area contributed by atoms with Crippen LogP contribution in [0.1, 0.15) is 17.5 Å². The maximum Gasteiger partial charge on any atom is 0.259 e. The van der Waals surface area contributed by atoms with E-state index in [-0.39, 0.29) is 36.4 Å². The maximum atomic E-state index is 13.5. The first-order valence-electron chi connectivity index (χ1n) is 12.5. The molecular weight excluding hydrogens is 530 g/mol. The summed E-state index contributed by atoms with van der Waals surface area (Å²) >= 11 is 1.13. The van der Waals surface area contributed by atoms with Crippen LogP contribution in [-0.4, -0.2) is 59.6 Å². The van der Waals surface area contributed by atoms with E-state index in [1.54, 1.807) is 38.5 Å². The van der Waals surface area contributed by atoms with E-state index >= 15 is 0 Å². The van der Waals surface area contributed by atoms with Crippen molar-refractivity contribution < 1.29 is 23.9 Å². The highest BCUT2D eigenvalue weighted by atomic mass is 32.2. The lowest BCUT2D eigenvalue weighted by molar-refractivity contribution is -0.128. The highest BCUT2D eigenvalue weighted by molar-refractivity contribution is 8.14. The summed E-state index contributed by atoms with van der Waals surface area (Å²) in [5, 5.41) is 6.01. The molecule has 0 aliphatic carbocycles. The molecule has 3 aromatic rings. The maximum absolute atomic E-state index is 13.5. The Morgan fingerprint density at radius 3 is 2.60 bits per heavy atom. The lowest BCUT2D eigenvalue weighted by Gasteiger charge is -2.25. The van der Waals surface area contributed by atoms with E-state index in [1.807, 2.05) is 48.5 Å². The number of nitrogens with zero attached hydrogens (tertiary/aromatic N) is 3. The van der Waals surface area contributed by atoms with Crippen LogP contribution >= 0.6 is 11.8 Å². The number of aliphatic imine (C=N–C) groups is 2. The summed E-state index contributed by atoms with van der Waals surface area (Å²) in [6.45, 7) is 0.262. The number of anilines is 1. The summed E-state index contributed by atoms with van der Waals surface area (Å²) in [4.78, 5) is 49.6. The van der Waals surface area contributed by atoms with Gasteiger partial charge in [-0.25, -0.2) is 9.89 Å². The number of thioether (sulfide) groups is 1. The normalized spacial score (nSPS) is 15.4. The van der Waals surface area contributed by atoms with Crippen molar-refractivity contribution in [1.29, 1.82) is 0 Å². The Morgan fingerprint density at radius 2 is 1.77 bits per heavy atom. The first kappa shape index (κ1) is 26.9. The van der Waals surface area contributed by atoms with E-state index in [0.717, 1.165) is 17.3 Å². The molecule has 2 N–H and O–H groups in total. The number of hydrogen-bond donors (Lipinski definition) is 2. The van der Waals surface area contributed by atoms with E-state index in [2.05, 4.69) is 20.6 Å². The van der Waals surface area contributed by atoms with Crippen LogP contribution in [0.25, 0.3) is 0 Å². The third-order valence-electron chi connectivity index (χ3n) is 6.28. The van der Waals surface area contributed by atoms with Crippen LogP contribution in [0.2, 0.25) is 0 Å². The van der Waals surface area contributed by atoms with Gasteiger partial charge in [-0.3, -0.25) is 19.4 Å². The molecule has 2 heterocycles. The minimum absolute atomic E-state index is 0.0132. The summed E-state index contributed by atoms with van der Waals surface area (Å²) < 4.78 is 10.5. The van der Waals surface area contributed by atoms with Crippen LogP contribution < -0.4 is 20.1 Å². The molecule has 204 valence electrons. The summed E-state index contributed by atoms with van der Waals surface area (Å²) in [6.07, 6.45) is -0.121. The number of para-hydroxylation sites is 2. The molecule has 0 saturated heterocycles.